The Kier molecular flexibility index (Phi) is 21.9. The molecule has 2 N–H and O–H groups in total. The minimum atomic E-state index is -1.63. The molecule has 0 aliphatic carbocycles. The van der Waals surface area contributed by atoms with Gasteiger partial charge in [0.05, 0.1) is 44.4 Å². The second-order valence-corrected chi connectivity index (χ2v) is 25.2. The standard InChI is InChI=1S/C68H84O5S4/c1-7-9-11-13-15-17-19-21-23-25-45-72-56-39-35-54(36-40-56)67(69,52-31-27-49(3)28-32-52)59-63(61-51(5)43-47-74-61)76-66-60(64(77-65(59)66)62-58(71-6)44-48-75-62)68(70,53-33-29-50(4)30-34-53)55-37-41-57(42-38-55)73-46-26-24-22-20-18-16-14-12-10-8-2/h27-44,47-48,69-70H,7-26,45-46H2,1-6H3. The molecular weight excluding hydrogens is 1030 g/mol. The lowest BCUT2D eigenvalue weighted by molar-refractivity contribution is 0.127. The molecule has 8 rings (SSSR count). The molecule has 9 heteroatoms. The third-order valence-electron chi connectivity index (χ3n) is 15.4. The average Bonchev–Trinajstić information content (AvgIpc) is 4.26. The molecule has 0 aliphatic rings. The maximum atomic E-state index is 14.2. The van der Waals surface area contributed by atoms with E-state index in [9.17, 15) is 10.2 Å². The van der Waals surface area contributed by atoms with E-state index in [4.69, 9.17) is 14.2 Å². The fourth-order valence-corrected chi connectivity index (χ4v) is 16.0. The number of hydrogen-bond donors (Lipinski definition) is 2. The van der Waals surface area contributed by atoms with Crippen LogP contribution in [0.15, 0.2) is 120 Å². The Hall–Kier alpha value is -4.74. The monoisotopic (exact) mass is 1110 g/mol. The molecule has 5 nitrogen and oxygen atoms in total. The van der Waals surface area contributed by atoms with E-state index in [2.05, 4.69) is 100.0 Å². The van der Waals surface area contributed by atoms with Crippen LogP contribution < -0.4 is 14.2 Å². The van der Waals surface area contributed by atoms with Gasteiger partial charge in [-0.3, -0.25) is 0 Å². The third kappa shape index (κ3) is 14.2. The van der Waals surface area contributed by atoms with Gasteiger partial charge in [-0.25, -0.2) is 0 Å². The first-order chi connectivity index (χ1) is 37.6. The Morgan fingerprint density at radius 3 is 1.09 bits per heavy atom. The van der Waals surface area contributed by atoms with Crippen LogP contribution in [0.5, 0.6) is 17.2 Å². The molecule has 4 aromatic heterocycles. The first-order valence-corrected chi connectivity index (χ1v) is 32.3. The summed E-state index contributed by atoms with van der Waals surface area (Å²) in [5.41, 5.74) is 4.69. The number of fused-ring (bicyclic) bond motifs is 1. The van der Waals surface area contributed by atoms with E-state index >= 15 is 0 Å². The Balaban J connectivity index is 1.19. The number of aliphatic hydroxyl groups is 2. The van der Waals surface area contributed by atoms with E-state index in [1.807, 2.05) is 54.6 Å². The van der Waals surface area contributed by atoms with Crippen molar-refractivity contribution in [1.29, 1.82) is 0 Å². The maximum Gasteiger partial charge on any atom is 0.143 e. The van der Waals surface area contributed by atoms with Crippen LogP contribution in [0.4, 0.5) is 0 Å². The fourth-order valence-electron chi connectivity index (χ4n) is 10.8. The molecule has 410 valence electrons. The summed E-state index contributed by atoms with van der Waals surface area (Å²) in [5.74, 6) is 2.33. The molecule has 0 fully saturated rings. The summed E-state index contributed by atoms with van der Waals surface area (Å²) < 4.78 is 20.7. The maximum absolute atomic E-state index is 14.2. The zero-order valence-electron chi connectivity index (χ0n) is 46.9. The highest BCUT2D eigenvalue weighted by Crippen LogP contribution is 2.60. The molecular formula is C68H84O5S4. The van der Waals surface area contributed by atoms with Gasteiger partial charge < -0.3 is 24.4 Å². The molecule has 2 unspecified atom stereocenters. The number of ether oxygens (including phenoxy) is 3. The number of benzene rings is 4. The fraction of sp³-hybridized carbons (Fsp3) is 0.441. The summed E-state index contributed by atoms with van der Waals surface area (Å²) in [6, 6.07) is 37.0. The van der Waals surface area contributed by atoms with Crippen LogP contribution >= 0.6 is 45.3 Å². The second kappa shape index (κ2) is 28.9. The lowest BCUT2D eigenvalue weighted by Gasteiger charge is -2.31. The minimum absolute atomic E-state index is 0.660. The smallest absolute Gasteiger partial charge is 0.143 e. The van der Waals surface area contributed by atoms with Crippen molar-refractivity contribution in [2.45, 2.75) is 174 Å². The van der Waals surface area contributed by atoms with Crippen molar-refractivity contribution in [3.8, 4) is 36.8 Å². The molecule has 4 heterocycles. The highest BCUT2D eigenvalue weighted by molar-refractivity contribution is 7.34. The summed E-state index contributed by atoms with van der Waals surface area (Å²) >= 11 is 6.59. The van der Waals surface area contributed by atoms with Crippen LogP contribution in [0.3, 0.4) is 0 Å². The predicted molar refractivity (Wildman–Crippen MR) is 332 cm³/mol. The number of rotatable bonds is 33. The number of thiophene rings is 4. The van der Waals surface area contributed by atoms with E-state index in [1.165, 1.54) is 109 Å². The predicted octanol–water partition coefficient (Wildman–Crippen LogP) is 20.5. The highest BCUT2D eigenvalue weighted by Gasteiger charge is 2.46. The largest absolute Gasteiger partial charge is 0.495 e. The van der Waals surface area contributed by atoms with Gasteiger partial charge in [-0.05, 0) is 109 Å². The molecule has 2 atom stereocenters. The van der Waals surface area contributed by atoms with Gasteiger partial charge in [-0.1, -0.05) is 213 Å². The Morgan fingerprint density at radius 1 is 0.390 bits per heavy atom. The van der Waals surface area contributed by atoms with Crippen molar-refractivity contribution in [1.82, 2.24) is 0 Å². The number of hydrogen-bond acceptors (Lipinski definition) is 9. The first kappa shape index (κ1) is 58.4. The first-order valence-electron chi connectivity index (χ1n) is 28.9. The number of unbranched alkanes of at least 4 members (excludes halogenated alkanes) is 18. The van der Waals surface area contributed by atoms with Crippen molar-refractivity contribution in [3.63, 3.8) is 0 Å². The van der Waals surface area contributed by atoms with Crippen LogP contribution in [0, 0.1) is 20.8 Å². The van der Waals surface area contributed by atoms with Crippen molar-refractivity contribution in [3.05, 3.63) is 170 Å². The SMILES string of the molecule is CCCCCCCCCCCCOc1ccc(C(O)(c2ccc(C)cc2)c2c(-c3sccc3C)sc3c(C(O)(c4ccc(C)cc4)c4ccc(OCCCCCCCCCCCC)cc4)c(-c4sccc4OC)sc23)cc1. The Morgan fingerprint density at radius 2 is 0.727 bits per heavy atom. The Labute approximate surface area is 477 Å². The summed E-state index contributed by atoms with van der Waals surface area (Å²) in [6.07, 6.45) is 25.5. The third-order valence-corrected chi connectivity index (χ3v) is 20.2. The average molecular weight is 1110 g/mol. The highest BCUT2D eigenvalue weighted by atomic mass is 32.1. The van der Waals surface area contributed by atoms with E-state index < -0.39 is 11.2 Å². The topological polar surface area (TPSA) is 68.2 Å². The van der Waals surface area contributed by atoms with Gasteiger partial charge in [-0.2, -0.15) is 0 Å². The van der Waals surface area contributed by atoms with Crippen molar-refractivity contribution in [2.75, 3.05) is 20.3 Å². The molecule has 0 spiro atoms. The van der Waals surface area contributed by atoms with Crippen LogP contribution in [0.25, 0.3) is 28.9 Å². The molecule has 77 heavy (non-hydrogen) atoms. The Bertz CT molecular complexity index is 3000. The second-order valence-electron chi connectivity index (χ2n) is 21.3. The molecule has 0 bridgehead atoms. The molecule has 8 aromatic rings. The van der Waals surface area contributed by atoms with Crippen molar-refractivity contribution in [2.24, 2.45) is 0 Å². The van der Waals surface area contributed by atoms with Gasteiger partial charge in [0.15, 0.2) is 0 Å². The van der Waals surface area contributed by atoms with Gasteiger partial charge >= 0.3 is 0 Å². The zero-order chi connectivity index (χ0) is 54.0. The van der Waals surface area contributed by atoms with E-state index in [1.54, 1.807) is 52.5 Å². The van der Waals surface area contributed by atoms with E-state index in [0.29, 0.717) is 13.2 Å². The summed E-state index contributed by atoms with van der Waals surface area (Å²) in [4.78, 5) is 3.91. The molecule has 4 aromatic carbocycles. The normalized spacial score (nSPS) is 13.2. The lowest BCUT2D eigenvalue weighted by Crippen LogP contribution is -2.29. The van der Waals surface area contributed by atoms with Crippen LogP contribution in [0.1, 0.15) is 192 Å². The molecule has 0 amide bonds. The van der Waals surface area contributed by atoms with Crippen LogP contribution in [-0.4, -0.2) is 30.5 Å². The van der Waals surface area contributed by atoms with Gasteiger partial charge in [0.1, 0.15) is 28.5 Å². The van der Waals surface area contributed by atoms with Crippen molar-refractivity contribution >= 4 is 54.7 Å². The van der Waals surface area contributed by atoms with Crippen molar-refractivity contribution < 1.29 is 24.4 Å². The zero-order valence-corrected chi connectivity index (χ0v) is 50.1. The molecule has 0 saturated carbocycles. The lowest BCUT2D eigenvalue weighted by atomic mass is 9.78. The number of aryl methyl sites for hydroxylation is 3. The molecule has 0 aliphatic heterocycles. The summed E-state index contributed by atoms with van der Waals surface area (Å²) in [7, 11) is 1.71. The molecule has 0 radical (unpaired) electrons. The summed E-state index contributed by atoms with van der Waals surface area (Å²) in [6.45, 7) is 12.2. The number of methoxy groups -OCH3 is 1. The summed E-state index contributed by atoms with van der Waals surface area (Å²) in [5, 5.41) is 32.7. The van der Waals surface area contributed by atoms with E-state index in [0.717, 1.165) is 115 Å². The van der Waals surface area contributed by atoms with Crippen LogP contribution in [-0.2, 0) is 11.2 Å². The van der Waals surface area contributed by atoms with E-state index in [-0.39, 0.29) is 0 Å². The van der Waals surface area contributed by atoms with Gasteiger partial charge in [0.2, 0.25) is 0 Å². The van der Waals surface area contributed by atoms with Gasteiger partial charge in [-0.15, -0.1) is 45.3 Å². The van der Waals surface area contributed by atoms with Crippen LogP contribution in [0.2, 0.25) is 0 Å². The molecule has 0 saturated heterocycles. The minimum Gasteiger partial charge on any atom is -0.495 e. The van der Waals surface area contributed by atoms with Gasteiger partial charge in [0, 0.05) is 16.0 Å². The quantitative estimate of drug-likeness (QED) is 0.0401. The van der Waals surface area contributed by atoms with Gasteiger partial charge in [0.25, 0.3) is 0 Å².